The van der Waals surface area contributed by atoms with E-state index in [1.165, 1.54) is 37.5 Å². The monoisotopic (exact) mass is 574 g/mol. The average molecular weight is 575 g/mol. The van der Waals surface area contributed by atoms with Crippen LogP contribution in [-0.2, 0) is 0 Å². The Labute approximate surface area is 264 Å². The molecule has 6 aromatic rings. The van der Waals surface area contributed by atoms with Crippen molar-refractivity contribution in [2.75, 3.05) is 0 Å². The largest absolute Gasteiger partial charge is 0.0984 e. The second-order valence-corrected chi connectivity index (χ2v) is 11.5. The van der Waals surface area contributed by atoms with Crippen molar-refractivity contribution in [2.24, 2.45) is 0 Å². The third-order valence-corrected chi connectivity index (χ3v) is 8.69. The van der Waals surface area contributed by atoms with Crippen molar-refractivity contribution >= 4 is 58.0 Å². The van der Waals surface area contributed by atoms with E-state index in [-0.39, 0.29) is 0 Å². The topological polar surface area (TPSA) is 0 Å². The average Bonchev–Trinajstić information content (AvgIpc) is 3.07. The number of rotatable bonds is 4. The van der Waals surface area contributed by atoms with E-state index < -0.39 is 0 Å². The van der Waals surface area contributed by atoms with Crippen LogP contribution in [-0.4, -0.2) is 0 Å². The Balaban J connectivity index is 1.70. The molecule has 7 rings (SSSR count). The lowest BCUT2D eigenvalue weighted by atomic mass is 9.84. The Morgan fingerprint density at radius 2 is 0.978 bits per heavy atom. The molecule has 1 aliphatic rings. The Hall–Kier alpha value is -5.72. The van der Waals surface area contributed by atoms with Crippen molar-refractivity contribution in [1.82, 2.24) is 0 Å². The quantitative estimate of drug-likeness (QED) is 0.197. The summed E-state index contributed by atoms with van der Waals surface area (Å²) in [5.74, 6) is 0. The minimum atomic E-state index is 1.08. The SMILES string of the molecule is C=Cc1c(C=C)c(-c2ccc3ccccc3c2)c2/c(c1-c1ccc3ccccc3c1)=C\C=c1\ccc(C)c\c1=C\C=C\C=C\C=2. The molecular weight excluding hydrogens is 540 g/mol. The van der Waals surface area contributed by atoms with Crippen LogP contribution in [0.15, 0.2) is 141 Å². The smallest absolute Gasteiger partial charge is 0.00264 e. The summed E-state index contributed by atoms with van der Waals surface area (Å²) in [5.41, 5.74) is 7.99. The first-order chi connectivity index (χ1) is 22.1. The summed E-state index contributed by atoms with van der Waals surface area (Å²) in [6.45, 7) is 10.9. The number of hydrogen-bond acceptors (Lipinski definition) is 0. The number of aryl methyl sites for hydroxylation is 1. The van der Waals surface area contributed by atoms with Gasteiger partial charge in [0.25, 0.3) is 0 Å². The lowest BCUT2D eigenvalue weighted by Crippen LogP contribution is -2.32. The van der Waals surface area contributed by atoms with E-state index in [0.717, 1.165) is 43.8 Å². The molecule has 6 aromatic carbocycles. The van der Waals surface area contributed by atoms with Crippen LogP contribution in [0.2, 0.25) is 0 Å². The molecule has 0 amide bonds. The predicted octanol–water partition coefficient (Wildman–Crippen LogP) is 8.87. The first-order valence-electron chi connectivity index (χ1n) is 15.4. The lowest BCUT2D eigenvalue weighted by Gasteiger charge is -2.19. The molecule has 214 valence electrons. The fraction of sp³-hybridized carbons (Fsp3) is 0.0222. The van der Waals surface area contributed by atoms with Crippen LogP contribution in [0.5, 0.6) is 0 Å². The molecule has 0 nitrogen and oxygen atoms in total. The zero-order valence-electron chi connectivity index (χ0n) is 25.5. The fourth-order valence-electron chi connectivity index (χ4n) is 6.51. The molecule has 0 N–H and O–H groups in total. The maximum atomic E-state index is 4.36. The summed E-state index contributed by atoms with van der Waals surface area (Å²) >= 11 is 0. The predicted molar refractivity (Wildman–Crippen MR) is 198 cm³/mol. The maximum absolute atomic E-state index is 4.36. The summed E-state index contributed by atoms with van der Waals surface area (Å²) in [7, 11) is 0. The van der Waals surface area contributed by atoms with Gasteiger partial charge in [0.15, 0.2) is 0 Å². The Kier molecular flexibility index (Phi) is 7.56. The van der Waals surface area contributed by atoms with Crippen molar-refractivity contribution < 1.29 is 0 Å². The highest BCUT2D eigenvalue weighted by atomic mass is 14.2. The van der Waals surface area contributed by atoms with Gasteiger partial charge in [-0.25, -0.2) is 0 Å². The molecule has 0 aromatic heterocycles. The number of benzene rings is 6. The molecular formula is C45H34. The summed E-state index contributed by atoms with van der Waals surface area (Å²) in [5, 5.41) is 9.51. The Bertz CT molecular complexity index is 2460. The van der Waals surface area contributed by atoms with Gasteiger partial charge in [0.05, 0.1) is 0 Å². The van der Waals surface area contributed by atoms with E-state index in [1.807, 2.05) is 12.2 Å². The molecule has 0 spiro atoms. The van der Waals surface area contributed by atoms with E-state index >= 15 is 0 Å². The maximum Gasteiger partial charge on any atom is -0.00264 e. The van der Waals surface area contributed by atoms with Crippen LogP contribution in [0, 0.1) is 6.92 Å². The fourth-order valence-corrected chi connectivity index (χ4v) is 6.51. The minimum absolute atomic E-state index is 1.08. The first-order valence-corrected chi connectivity index (χ1v) is 15.4. The third-order valence-electron chi connectivity index (χ3n) is 8.69. The molecule has 0 heterocycles. The lowest BCUT2D eigenvalue weighted by molar-refractivity contribution is 1.40. The van der Waals surface area contributed by atoms with Gasteiger partial charge in [-0.2, -0.15) is 0 Å². The van der Waals surface area contributed by atoms with E-state index in [9.17, 15) is 0 Å². The van der Waals surface area contributed by atoms with E-state index in [2.05, 4.69) is 172 Å². The van der Waals surface area contributed by atoms with Crippen LogP contribution in [0.25, 0.3) is 80.3 Å². The van der Waals surface area contributed by atoms with Crippen molar-refractivity contribution in [3.63, 3.8) is 0 Å². The van der Waals surface area contributed by atoms with Gasteiger partial charge in [0, 0.05) is 0 Å². The third kappa shape index (κ3) is 5.32. The highest BCUT2D eigenvalue weighted by Gasteiger charge is 2.17. The number of hydrogen-bond donors (Lipinski definition) is 0. The molecule has 0 saturated carbocycles. The van der Waals surface area contributed by atoms with Crippen LogP contribution in [0.3, 0.4) is 0 Å². The molecule has 0 saturated heterocycles. The van der Waals surface area contributed by atoms with Gasteiger partial charge in [0.1, 0.15) is 0 Å². The first kappa shape index (κ1) is 28.1. The van der Waals surface area contributed by atoms with E-state index in [1.54, 1.807) is 0 Å². The van der Waals surface area contributed by atoms with Gasteiger partial charge in [-0.1, -0.05) is 170 Å². The van der Waals surface area contributed by atoms with Gasteiger partial charge in [-0.05, 0) is 94.9 Å². The summed E-state index contributed by atoms with van der Waals surface area (Å²) in [6.07, 6.45) is 21.4. The van der Waals surface area contributed by atoms with Crippen molar-refractivity contribution in [2.45, 2.75) is 6.92 Å². The normalized spacial score (nSPS) is 16.8. The molecule has 0 unspecified atom stereocenters. The highest BCUT2D eigenvalue weighted by molar-refractivity contribution is 5.96. The molecule has 0 aliphatic heterocycles. The highest BCUT2D eigenvalue weighted by Crippen LogP contribution is 2.33. The molecule has 45 heavy (non-hydrogen) atoms. The number of allylic oxidation sites excluding steroid dienone is 4. The van der Waals surface area contributed by atoms with Gasteiger partial charge in [-0.3, -0.25) is 0 Å². The van der Waals surface area contributed by atoms with Crippen LogP contribution < -0.4 is 20.9 Å². The van der Waals surface area contributed by atoms with E-state index in [0.29, 0.717) is 0 Å². The molecule has 1 aliphatic carbocycles. The van der Waals surface area contributed by atoms with E-state index in [4.69, 9.17) is 0 Å². The van der Waals surface area contributed by atoms with Crippen LogP contribution in [0.4, 0.5) is 0 Å². The minimum Gasteiger partial charge on any atom is -0.0984 e. The Morgan fingerprint density at radius 3 is 1.56 bits per heavy atom. The molecule has 0 atom stereocenters. The van der Waals surface area contributed by atoms with Gasteiger partial charge in [-0.15, -0.1) is 0 Å². The molecule has 0 fully saturated rings. The van der Waals surface area contributed by atoms with Crippen LogP contribution >= 0.6 is 0 Å². The van der Waals surface area contributed by atoms with Gasteiger partial charge >= 0.3 is 0 Å². The number of fused-ring (bicyclic) bond motifs is 4. The molecule has 0 radical (unpaired) electrons. The zero-order chi connectivity index (χ0) is 30.8. The Morgan fingerprint density at radius 1 is 0.444 bits per heavy atom. The summed E-state index contributed by atoms with van der Waals surface area (Å²) in [6, 6.07) is 37.2. The second-order valence-electron chi connectivity index (χ2n) is 11.5. The van der Waals surface area contributed by atoms with Gasteiger partial charge < -0.3 is 0 Å². The van der Waals surface area contributed by atoms with Crippen LogP contribution in [0.1, 0.15) is 16.7 Å². The van der Waals surface area contributed by atoms with Crippen molar-refractivity contribution in [1.29, 1.82) is 0 Å². The summed E-state index contributed by atoms with van der Waals surface area (Å²) < 4.78 is 0. The zero-order valence-corrected chi connectivity index (χ0v) is 25.5. The second kappa shape index (κ2) is 12.1. The van der Waals surface area contributed by atoms with Crippen molar-refractivity contribution in [3.8, 4) is 22.3 Å². The molecule has 0 heteroatoms. The molecule has 0 bridgehead atoms. The van der Waals surface area contributed by atoms with Crippen molar-refractivity contribution in [3.05, 3.63) is 178 Å². The van der Waals surface area contributed by atoms with Gasteiger partial charge in [0.2, 0.25) is 0 Å². The standard InChI is InChI=1S/C45H34/c1-4-40-41(5-2)45(39-25-23-33-15-11-13-18-37(33)30-39)43-27-26-34-21-20-31(3)28-35(34)16-8-6-7-9-19-42(43)44(40)38-24-22-32-14-10-12-17-36(32)29-38/h4-30H,1-2H2,3H3/b7-6?,8-6+,9-7+,16-8?,19-9?,27-26?,34-26-,35-16-,42-19+,43-27+. The summed E-state index contributed by atoms with van der Waals surface area (Å²) in [4.78, 5) is 0.